The molecule has 0 atom stereocenters. The van der Waals surface area contributed by atoms with Crippen LogP contribution < -0.4 is 5.43 Å². The second kappa shape index (κ2) is 6.36. The van der Waals surface area contributed by atoms with Crippen molar-refractivity contribution in [3.05, 3.63) is 30.3 Å². The normalized spacial score (nSPS) is 10.5. The zero-order chi connectivity index (χ0) is 11.9. The summed E-state index contributed by atoms with van der Waals surface area (Å²) in [6.07, 6.45) is 0. The summed E-state index contributed by atoms with van der Waals surface area (Å²) < 4.78 is 31.6. The molecule has 3 N–H and O–H groups in total. The predicted molar refractivity (Wildman–Crippen MR) is 57.9 cm³/mol. The van der Waals surface area contributed by atoms with Gasteiger partial charge in [-0.2, -0.15) is 8.42 Å². The van der Waals surface area contributed by atoms with Gasteiger partial charge in [-0.15, -0.1) is 0 Å². The van der Waals surface area contributed by atoms with Crippen molar-refractivity contribution in [2.24, 2.45) is 0 Å². The van der Waals surface area contributed by atoms with Crippen molar-refractivity contribution in [2.75, 3.05) is 19.5 Å². The van der Waals surface area contributed by atoms with Gasteiger partial charge >= 0.3 is 10.4 Å². The molecule has 6 nitrogen and oxygen atoms in total. The van der Waals surface area contributed by atoms with E-state index < -0.39 is 10.4 Å². The molecule has 0 heterocycles. The van der Waals surface area contributed by atoms with Gasteiger partial charge in [-0.3, -0.25) is 9.11 Å². The Bertz CT molecular complexity index is 355. The third kappa shape index (κ3) is 12.8. The van der Waals surface area contributed by atoms with Gasteiger partial charge in [0.2, 0.25) is 0 Å². The molecule has 0 spiro atoms. The van der Waals surface area contributed by atoms with E-state index in [1.165, 1.54) is 0 Å². The van der Waals surface area contributed by atoms with Crippen LogP contribution in [0.4, 0.5) is 5.69 Å². The smallest absolute Gasteiger partial charge is 0.319 e. The first-order chi connectivity index (χ1) is 6.79. The van der Waals surface area contributed by atoms with E-state index in [1.54, 1.807) is 0 Å². The largest absolute Gasteiger partial charge is 0.394 e. The molecule has 0 bridgehead atoms. The van der Waals surface area contributed by atoms with Gasteiger partial charge in [0.05, 0.1) is 0 Å². The maximum atomic E-state index is 8.74. The Labute approximate surface area is 89.1 Å². The highest BCUT2D eigenvalue weighted by Crippen LogP contribution is 2.03. The maximum absolute atomic E-state index is 8.74. The van der Waals surface area contributed by atoms with Crippen LogP contribution in [0.25, 0.3) is 0 Å². The van der Waals surface area contributed by atoms with Crippen LogP contribution in [0.15, 0.2) is 30.3 Å². The van der Waals surface area contributed by atoms with Gasteiger partial charge in [-0.05, 0) is 12.1 Å². The summed E-state index contributed by atoms with van der Waals surface area (Å²) in [5, 5.41) is 1.91. The summed E-state index contributed by atoms with van der Waals surface area (Å²) in [7, 11) is -0.736. The van der Waals surface area contributed by atoms with Crippen molar-refractivity contribution < 1.29 is 17.5 Å². The number of hydrazine groups is 1. The lowest BCUT2D eigenvalue weighted by atomic mass is 10.3. The average molecular weight is 234 g/mol. The molecule has 1 rings (SSSR count). The van der Waals surface area contributed by atoms with E-state index in [9.17, 15) is 0 Å². The minimum Gasteiger partial charge on any atom is -0.319 e. The van der Waals surface area contributed by atoms with Crippen LogP contribution in [0.5, 0.6) is 0 Å². The number of rotatable bonds is 2. The third-order valence-corrected chi connectivity index (χ3v) is 1.13. The minimum atomic E-state index is -4.67. The van der Waals surface area contributed by atoms with E-state index in [1.807, 2.05) is 49.4 Å². The Morgan fingerprint density at radius 1 is 1.13 bits per heavy atom. The molecule has 0 aliphatic heterocycles. The maximum Gasteiger partial charge on any atom is 0.394 e. The van der Waals surface area contributed by atoms with Gasteiger partial charge in [0.25, 0.3) is 0 Å². The van der Waals surface area contributed by atoms with E-state index in [0.717, 1.165) is 5.69 Å². The van der Waals surface area contributed by atoms with Gasteiger partial charge in [-0.1, -0.05) is 18.2 Å². The molecule has 0 unspecified atom stereocenters. The van der Waals surface area contributed by atoms with E-state index in [-0.39, 0.29) is 0 Å². The van der Waals surface area contributed by atoms with Crippen LogP contribution in [-0.4, -0.2) is 36.6 Å². The number of anilines is 1. The molecule has 0 aromatic heterocycles. The van der Waals surface area contributed by atoms with Crippen LogP contribution in [0.1, 0.15) is 0 Å². The van der Waals surface area contributed by atoms with E-state index in [4.69, 9.17) is 17.5 Å². The second-order valence-corrected chi connectivity index (χ2v) is 3.72. The van der Waals surface area contributed by atoms with Gasteiger partial charge < -0.3 is 5.43 Å². The second-order valence-electron chi connectivity index (χ2n) is 2.82. The first kappa shape index (κ1) is 13.8. The van der Waals surface area contributed by atoms with Gasteiger partial charge in [0.1, 0.15) is 0 Å². The molecule has 15 heavy (non-hydrogen) atoms. The molecule has 0 radical (unpaired) electrons. The third-order valence-electron chi connectivity index (χ3n) is 1.13. The Morgan fingerprint density at radius 3 is 1.87 bits per heavy atom. The summed E-state index contributed by atoms with van der Waals surface area (Å²) in [4.78, 5) is 0. The molecule has 1 aromatic rings. The van der Waals surface area contributed by atoms with Gasteiger partial charge in [0.15, 0.2) is 0 Å². The minimum absolute atomic E-state index is 1.12. The molecule has 0 fully saturated rings. The van der Waals surface area contributed by atoms with Gasteiger partial charge in [0, 0.05) is 19.8 Å². The highest BCUT2D eigenvalue weighted by molar-refractivity contribution is 7.79. The zero-order valence-corrected chi connectivity index (χ0v) is 9.27. The van der Waals surface area contributed by atoms with Crippen molar-refractivity contribution in [2.45, 2.75) is 0 Å². The number of hydrogen-bond acceptors (Lipinski definition) is 4. The van der Waals surface area contributed by atoms with E-state index >= 15 is 0 Å². The molecule has 7 heteroatoms. The molecular weight excluding hydrogens is 220 g/mol. The standard InChI is InChI=1S/C8H12N2.H2O4S/c1-10(2)9-8-6-4-3-5-7-8;1-5(2,3)4/h3-7,9H,1-2H3;(H2,1,2,3,4). The highest BCUT2D eigenvalue weighted by atomic mass is 32.3. The molecule has 0 amide bonds. The Hall–Kier alpha value is -1.15. The lowest BCUT2D eigenvalue weighted by Gasteiger charge is -2.12. The SMILES string of the molecule is CN(C)Nc1ccccc1.O=S(=O)(O)O. The van der Waals surface area contributed by atoms with Crippen LogP contribution in [0, 0.1) is 0 Å². The number of nitrogens with one attached hydrogen (secondary N) is 1. The molecule has 0 saturated carbocycles. The zero-order valence-electron chi connectivity index (χ0n) is 8.45. The monoisotopic (exact) mass is 234 g/mol. The van der Waals surface area contributed by atoms with Crippen LogP contribution >= 0.6 is 0 Å². The first-order valence-electron chi connectivity index (χ1n) is 3.98. The molecule has 0 saturated heterocycles. The lowest BCUT2D eigenvalue weighted by Crippen LogP contribution is -2.19. The van der Waals surface area contributed by atoms with Crippen molar-refractivity contribution in [1.82, 2.24) is 5.01 Å². The Morgan fingerprint density at radius 2 is 1.53 bits per heavy atom. The summed E-state index contributed by atoms with van der Waals surface area (Å²) in [5.74, 6) is 0. The lowest BCUT2D eigenvalue weighted by molar-refractivity contribution is 0.381. The van der Waals surface area contributed by atoms with E-state index in [2.05, 4.69) is 5.43 Å². The van der Waals surface area contributed by atoms with Crippen LogP contribution in [0.2, 0.25) is 0 Å². The Balaban J connectivity index is 0.000000336. The fourth-order valence-corrected chi connectivity index (χ4v) is 0.771. The first-order valence-corrected chi connectivity index (χ1v) is 5.37. The molecule has 0 aliphatic rings. The quantitative estimate of drug-likeness (QED) is 0.521. The van der Waals surface area contributed by atoms with Crippen LogP contribution in [-0.2, 0) is 10.4 Å². The fourth-order valence-electron chi connectivity index (χ4n) is 0.771. The molecular formula is C8H14N2O4S. The number of hydrogen-bond donors (Lipinski definition) is 3. The molecule has 0 aliphatic carbocycles. The van der Waals surface area contributed by atoms with Crippen molar-refractivity contribution in [3.63, 3.8) is 0 Å². The summed E-state index contributed by atoms with van der Waals surface area (Å²) >= 11 is 0. The average Bonchev–Trinajstić information content (AvgIpc) is 2.01. The summed E-state index contributed by atoms with van der Waals surface area (Å²) in [6.45, 7) is 0. The molecule has 1 aromatic carbocycles. The van der Waals surface area contributed by atoms with Crippen LogP contribution in [0.3, 0.4) is 0 Å². The van der Waals surface area contributed by atoms with Crippen molar-refractivity contribution in [3.8, 4) is 0 Å². The number of benzene rings is 1. The predicted octanol–water partition coefficient (Wildman–Crippen LogP) is 0.922. The Kier molecular flexibility index (Phi) is 5.87. The summed E-state index contributed by atoms with van der Waals surface area (Å²) in [6, 6.07) is 10.1. The number of para-hydroxylation sites is 1. The van der Waals surface area contributed by atoms with Gasteiger partial charge in [-0.25, -0.2) is 5.01 Å². The molecule has 86 valence electrons. The summed E-state index contributed by atoms with van der Waals surface area (Å²) in [5.41, 5.74) is 4.26. The highest BCUT2D eigenvalue weighted by Gasteiger charge is 1.87. The van der Waals surface area contributed by atoms with Crippen molar-refractivity contribution >= 4 is 16.1 Å². The topological polar surface area (TPSA) is 89.9 Å². The fraction of sp³-hybridized carbons (Fsp3) is 0.250. The number of nitrogens with zero attached hydrogens (tertiary/aromatic N) is 1. The van der Waals surface area contributed by atoms with Crippen molar-refractivity contribution in [1.29, 1.82) is 0 Å². The van der Waals surface area contributed by atoms with E-state index in [0.29, 0.717) is 0 Å².